The van der Waals surface area contributed by atoms with Crippen molar-refractivity contribution in [1.82, 2.24) is 9.21 Å². The second-order valence-electron chi connectivity index (χ2n) is 4.98. The van der Waals surface area contributed by atoms with E-state index in [4.69, 9.17) is 0 Å². The van der Waals surface area contributed by atoms with Crippen LogP contribution < -0.4 is 0 Å². The number of hydrogen-bond donors (Lipinski definition) is 0. The highest BCUT2D eigenvalue weighted by Gasteiger charge is 2.28. The number of halogens is 3. The van der Waals surface area contributed by atoms with Crippen LogP contribution >= 0.6 is 0 Å². The maximum Gasteiger partial charge on any atom is 0.251 e. The average Bonchev–Trinajstić information content (AvgIpc) is 2.38. The second-order valence-corrected chi connectivity index (χ2v) is 6.95. The molecule has 118 valence electrons. The summed E-state index contributed by atoms with van der Waals surface area (Å²) in [5, 5.41) is 0. The molecule has 1 aromatic carbocycles. The van der Waals surface area contributed by atoms with Crippen LogP contribution in [0.1, 0.15) is 5.56 Å². The van der Waals surface area contributed by atoms with Crippen molar-refractivity contribution < 1.29 is 21.6 Å². The van der Waals surface area contributed by atoms with Crippen LogP contribution in [0.5, 0.6) is 0 Å². The Morgan fingerprint density at radius 2 is 1.81 bits per heavy atom. The minimum atomic E-state index is -3.55. The molecule has 4 nitrogen and oxygen atoms in total. The Balaban J connectivity index is 1.95. The predicted molar refractivity (Wildman–Crippen MR) is 73.0 cm³/mol. The van der Waals surface area contributed by atoms with Crippen LogP contribution in [0.15, 0.2) is 24.3 Å². The van der Waals surface area contributed by atoms with E-state index in [1.165, 1.54) is 22.5 Å². The number of nitrogens with zero attached hydrogens (tertiary/aromatic N) is 2. The fourth-order valence-corrected chi connectivity index (χ4v) is 3.82. The van der Waals surface area contributed by atoms with Crippen LogP contribution in [0.3, 0.4) is 0 Å². The first kappa shape index (κ1) is 16.3. The maximum atomic E-state index is 13.1. The third-order valence-electron chi connectivity index (χ3n) is 3.36. The van der Waals surface area contributed by atoms with Gasteiger partial charge in [-0.05, 0) is 17.7 Å². The quantitative estimate of drug-likeness (QED) is 0.826. The fourth-order valence-electron chi connectivity index (χ4n) is 2.31. The van der Waals surface area contributed by atoms with Gasteiger partial charge in [0, 0.05) is 26.2 Å². The molecule has 0 N–H and O–H groups in total. The van der Waals surface area contributed by atoms with E-state index in [1.54, 1.807) is 11.0 Å². The molecule has 0 aliphatic carbocycles. The zero-order valence-electron chi connectivity index (χ0n) is 11.4. The zero-order chi connectivity index (χ0) is 15.5. The lowest BCUT2D eigenvalue weighted by Gasteiger charge is -2.33. The summed E-state index contributed by atoms with van der Waals surface area (Å²) in [5.41, 5.74) is 0.380. The Morgan fingerprint density at radius 3 is 2.38 bits per heavy atom. The van der Waals surface area contributed by atoms with Gasteiger partial charge in [-0.2, -0.15) is 4.31 Å². The third-order valence-corrected chi connectivity index (χ3v) is 5.21. The molecular weight excluding hydrogens is 305 g/mol. The molecule has 0 bridgehead atoms. The third kappa shape index (κ3) is 4.69. The average molecular weight is 322 g/mol. The van der Waals surface area contributed by atoms with E-state index >= 15 is 0 Å². The smallest absolute Gasteiger partial charge is 0.251 e. The van der Waals surface area contributed by atoms with Crippen LogP contribution in [0.4, 0.5) is 13.2 Å². The maximum absolute atomic E-state index is 13.1. The van der Waals surface area contributed by atoms with Crippen LogP contribution in [0, 0.1) is 5.82 Å². The number of alkyl halides is 2. The summed E-state index contributed by atoms with van der Waals surface area (Å²) in [5.74, 6) is -0.760. The Labute approximate surface area is 122 Å². The summed E-state index contributed by atoms with van der Waals surface area (Å²) in [6.07, 6.45) is -2.42. The van der Waals surface area contributed by atoms with E-state index in [-0.39, 0.29) is 38.5 Å². The molecule has 1 saturated heterocycles. The first-order chi connectivity index (χ1) is 9.87. The van der Waals surface area contributed by atoms with Gasteiger partial charge in [0.2, 0.25) is 10.0 Å². The van der Waals surface area contributed by atoms with Gasteiger partial charge in [-0.1, -0.05) is 12.1 Å². The Morgan fingerprint density at radius 1 is 1.14 bits per heavy atom. The number of hydrogen-bond acceptors (Lipinski definition) is 3. The summed E-state index contributed by atoms with van der Waals surface area (Å²) in [7, 11) is -3.55. The second kappa shape index (κ2) is 6.76. The van der Waals surface area contributed by atoms with E-state index in [9.17, 15) is 21.6 Å². The van der Waals surface area contributed by atoms with E-state index in [0.29, 0.717) is 5.56 Å². The molecule has 0 amide bonds. The standard InChI is InChI=1S/C13H17F3N2O2S/c14-12-3-1-2-11(8-12)10-21(19,20)18-6-4-17(5-7-18)9-13(15)16/h1-3,8,13H,4-7,9-10H2. The van der Waals surface area contributed by atoms with Gasteiger partial charge in [-0.15, -0.1) is 0 Å². The SMILES string of the molecule is O=S(=O)(Cc1cccc(F)c1)N1CCN(CC(F)F)CC1. The monoisotopic (exact) mass is 322 g/mol. The molecule has 0 radical (unpaired) electrons. The van der Waals surface area contributed by atoms with E-state index in [0.717, 1.165) is 0 Å². The van der Waals surface area contributed by atoms with Gasteiger partial charge in [0.05, 0.1) is 12.3 Å². The van der Waals surface area contributed by atoms with Crippen molar-refractivity contribution in [2.75, 3.05) is 32.7 Å². The lowest BCUT2D eigenvalue weighted by molar-refractivity contribution is 0.0716. The lowest BCUT2D eigenvalue weighted by atomic mass is 10.2. The molecule has 1 aromatic rings. The molecule has 1 aliphatic heterocycles. The summed E-state index contributed by atoms with van der Waals surface area (Å²) in [4.78, 5) is 1.54. The van der Waals surface area contributed by atoms with Crippen molar-refractivity contribution >= 4 is 10.0 Å². The summed E-state index contributed by atoms with van der Waals surface area (Å²) < 4.78 is 63.3. The summed E-state index contributed by atoms with van der Waals surface area (Å²) >= 11 is 0. The number of benzene rings is 1. The fraction of sp³-hybridized carbons (Fsp3) is 0.538. The van der Waals surface area contributed by atoms with E-state index in [1.807, 2.05) is 0 Å². The van der Waals surface area contributed by atoms with Gasteiger partial charge in [-0.25, -0.2) is 21.6 Å². The number of sulfonamides is 1. The molecule has 0 unspecified atom stereocenters. The molecule has 0 atom stereocenters. The molecule has 1 fully saturated rings. The Hall–Kier alpha value is -1.12. The topological polar surface area (TPSA) is 40.6 Å². The van der Waals surface area contributed by atoms with Crippen molar-refractivity contribution in [1.29, 1.82) is 0 Å². The van der Waals surface area contributed by atoms with Crippen molar-refractivity contribution in [2.45, 2.75) is 12.2 Å². The van der Waals surface area contributed by atoms with E-state index in [2.05, 4.69) is 0 Å². The van der Waals surface area contributed by atoms with Gasteiger partial charge in [0.1, 0.15) is 5.82 Å². The van der Waals surface area contributed by atoms with Gasteiger partial charge in [0.25, 0.3) is 6.43 Å². The largest absolute Gasteiger partial charge is 0.295 e. The van der Waals surface area contributed by atoms with Crippen molar-refractivity contribution in [3.8, 4) is 0 Å². The van der Waals surface area contributed by atoms with Crippen LogP contribution in [-0.2, 0) is 15.8 Å². The van der Waals surface area contributed by atoms with Crippen LogP contribution in [0.2, 0.25) is 0 Å². The van der Waals surface area contributed by atoms with Crippen molar-refractivity contribution in [3.05, 3.63) is 35.6 Å². The van der Waals surface area contributed by atoms with Gasteiger partial charge >= 0.3 is 0 Å². The summed E-state index contributed by atoms with van der Waals surface area (Å²) in [6, 6.07) is 5.44. The Bertz CT molecular complexity index is 573. The highest BCUT2D eigenvalue weighted by molar-refractivity contribution is 7.88. The molecule has 0 saturated carbocycles. The van der Waals surface area contributed by atoms with Crippen LogP contribution in [-0.4, -0.2) is 56.8 Å². The summed E-state index contributed by atoms with van der Waals surface area (Å²) in [6.45, 7) is 0.603. The molecular formula is C13H17F3N2O2S. The normalized spacial score (nSPS) is 18.3. The van der Waals surface area contributed by atoms with Gasteiger partial charge in [0.15, 0.2) is 0 Å². The number of piperazine rings is 1. The first-order valence-electron chi connectivity index (χ1n) is 6.59. The van der Waals surface area contributed by atoms with Crippen molar-refractivity contribution in [2.24, 2.45) is 0 Å². The predicted octanol–water partition coefficient (Wildman–Crippen LogP) is 1.54. The molecule has 8 heteroatoms. The van der Waals surface area contributed by atoms with Gasteiger partial charge < -0.3 is 0 Å². The Kier molecular flexibility index (Phi) is 5.23. The molecule has 0 spiro atoms. The highest BCUT2D eigenvalue weighted by Crippen LogP contribution is 2.15. The highest BCUT2D eigenvalue weighted by atomic mass is 32.2. The van der Waals surface area contributed by atoms with E-state index < -0.39 is 22.3 Å². The molecule has 0 aromatic heterocycles. The number of rotatable bonds is 5. The first-order valence-corrected chi connectivity index (χ1v) is 8.20. The molecule has 1 heterocycles. The lowest BCUT2D eigenvalue weighted by Crippen LogP contribution is -2.49. The zero-order valence-corrected chi connectivity index (χ0v) is 12.2. The molecule has 2 rings (SSSR count). The minimum absolute atomic E-state index is 0.185. The van der Waals surface area contributed by atoms with Crippen molar-refractivity contribution in [3.63, 3.8) is 0 Å². The van der Waals surface area contributed by atoms with Crippen LogP contribution in [0.25, 0.3) is 0 Å². The molecule has 1 aliphatic rings. The molecule has 21 heavy (non-hydrogen) atoms. The minimum Gasteiger partial charge on any atom is -0.295 e. The van der Waals surface area contributed by atoms with Gasteiger partial charge in [-0.3, -0.25) is 4.90 Å².